The summed E-state index contributed by atoms with van der Waals surface area (Å²) in [5.41, 5.74) is 0.429. The van der Waals surface area contributed by atoms with Crippen LogP contribution in [0.2, 0.25) is 0 Å². The van der Waals surface area contributed by atoms with Crippen LogP contribution in [-0.2, 0) is 20.8 Å². The molecular formula is C12H12FNO3. The summed E-state index contributed by atoms with van der Waals surface area (Å²) >= 11 is 0. The van der Waals surface area contributed by atoms with Crippen LogP contribution in [0, 0.1) is 5.82 Å². The number of benzene rings is 1. The molecule has 0 saturated heterocycles. The van der Waals surface area contributed by atoms with Gasteiger partial charge in [-0.3, -0.25) is 4.79 Å². The van der Waals surface area contributed by atoms with E-state index in [4.69, 9.17) is 9.47 Å². The Morgan fingerprint density at radius 2 is 2.18 bits per heavy atom. The first-order valence-electron chi connectivity index (χ1n) is 5.23. The lowest BCUT2D eigenvalue weighted by Gasteiger charge is -2.15. The number of nitrogens with one attached hydrogen (secondary N) is 1. The standard InChI is InChI=1S/C12H12FNO3/c13-10-4-2-1-3-9(10)7-14-12(15)11-8-16-5-6-17-11/h1-4,8H,5-7H2,(H,14,15). The van der Waals surface area contributed by atoms with Gasteiger partial charge in [0.05, 0.1) is 0 Å². The lowest BCUT2D eigenvalue weighted by molar-refractivity contribution is -0.122. The van der Waals surface area contributed by atoms with Gasteiger partial charge >= 0.3 is 0 Å². The summed E-state index contributed by atoms with van der Waals surface area (Å²) in [5, 5.41) is 2.56. The van der Waals surface area contributed by atoms with Crippen LogP contribution in [-0.4, -0.2) is 19.1 Å². The molecule has 1 aliphatic heterocycles. The van der Waals surface area contributed by atoms with E-state index in [1.54, 1.807) is 18.2 Å². The molecule has 1 heterocycles. The van der Waals surface area contributed by atoms with Crippen molar-refractivity contribution in [3.8, 4) is 0 Å². The summed E-state index contributed by atoms with van der Waals surface area (Å²) in [6.07, 6.45) is 1.26. The number of amides is 1. The van der Waals surface area contributed by atoms with Crippen LogP contribution in [0.3, 0.4) is 0 Å². The van der Waals surface area contributed by atoms with E-state index >= 15 is 0 Å². The molecule has 17 heavy (non-hydrogen) atoms. The predicted octanol–water partition coefficient (Wildman–Crippen LogP) is 1.33. The zero-order valence-corrected chi connectivity index (χ0v) is 9.11. The number of hydrogen-bond donors (Lipinski definition) is 1. The molecule has 0 spiro atoms. The topological polar surface area (TPSA) is 47.6 Å². The van der Waals surface area contributed by atoms with Crippen molar-refractivity contribution in [3.63, 3.8) is 0 Å². The van der Waals surface area contributed by atoms with E-state index in [1.807, 2.05) is 0 Å². The van der Waals surface area contributed by atoms with Crippen LogP contribution in [0.5, 0.6) is 0 Å². The molecule has 0 unspecified atom stereocenters. The van der Waals surface area contributed by atoms with Crippen molar-refractivity contribution >= 4 is 5.91 Å². The number of carbonyl (C=O) groups is 1. The molecule has 0 aromatic heterocycles. The molecule has 0 atom stereocenters. The second-order valence-electron chi connectivity index (χ2n) is 3.48. The summed E-state index contributed by atoms with van der Waals surface area (Å²) < 4.78 is 23.3. The molecular weight excluding hydrogens is 225 g/mol. The second kappa shape index (κ2) is 5.34. The quantitative estimate of drug-likeness (QED) is 0.862. The fourth-order valence-electron chi connectivity index (χ4n) is 1.39. The fourth-order valence-corrected chi connectivity index (χ4v) is 1.39. The van der Waals surface area contributed by atoms with Gasteiger partial charge in [0.25, 0.3) is 5.91 Å². The maximum atomic E-state index is 13.3. The molecule has 0 bridgehead atoms. The highest BCUT2D eigenvalue weighted by Gasteiger charge is 2.14. The largest absolute Gasteiger partial charge is 0.494 e. The van der Waals surface area contributed by atoms with Gasteiger partial charge in [0, 0.05) is 12.1 Å². The molecule has 1 aliphatic rings. The van der Waals surface area contributed by atoms with Crippen LogP contribution < -0.4 is 5.32 Å². The van der Waals surface area contributed by atoms with Gasteiger partial charge in [-0.15, -0.1) is 0 Å². The van der Waals surface area contributed by atoms with E-state index in [9.17, 15) is 9.18 Å². The van der Waals surface area contributed by atoms with Gasteiger partial charge in [-0.1, -0.05) is 18.2 Å². The summed E-state index contributed by atoms with van der Waals surface area (Å²) in [4.78, 5) is 11.6. The Hall–Kier alpha value is -2.04. The Morgan fingerprint density at radius 1 is 1.35 bits per heavy atom. The van der Waals surface area contributed by atoms with Gasteiger partial charge in [0.15, 0.2) is 0 Å². The first kappa shape index (κ1) is 11.4. The minimum Gasteiger partial charge on any atom is -0.494 e. The Balaban J connectivity index is 1.92. The van der Waals surface area contributed by atoms with Crippen LogP contribution in [0.15, 0.2) is 36.3 Å². The van der Waals surface area contributed by atoms with Crippen LogP contribution in [0.25, 0.3) is 0 Å². The van der Waals surface area contributed by atoms with Crippen LogP contribution >= 0.6 is 0 Å². The minimum atomic E-state index is -0.409. The first-order chi connectivity index (χ1) is 8.27. The van der Waals surface area contributed by atoms with E-state index in [0.717, 1.165) is 0 Å². The highest BCUT2D eigenvalue weighted by Crippen LogP contribution is 2.07. The predicted molar refractivity (Wildman–Crippen MR) is 58.2 cm³/mol. The third kappa shape index (κ3) is 2.96. The smallest absolute Gasteiger partial charge is 0.289 e. The van der Waals surface area contributed by atoms with E-state index < -0.39 is 5.91 Å². The maximum absolute atomic E-state index is 13.3. The molecule has 1 aromatic carbocycles. The lowest BCUT2D eigenvalue weighted by Crippen LogP contribution is -2.28. The molecule has 1 aromatic rings. The van der Waals surface area contributed by atoms with Gasteiger partial charge in [0.1, 0.15) is 25.3 Å². The molecule has 2 rings (SSSR count). The monoisotopic (exact) mass is 237 g/mol. The van der Waals surface area contributed by atoms with Crippen molar-refractivity contribution in [1.82, 2.24) is 5.32 Å². The Labute approximate surface area is 98.0 Å². The third-order valence-corrected chi connectivity index (χ3v) is 2.27. The van der Waals surface area contributed by atoms with Gasteiger partial charge in [-0.05, 0) is 6.07 Å². The molecule has 90 valence electrons. The number of rotatable bonds is 3. The van der Waals surface area contributed by atoms with E-state index in [-0.39, 0.29) is 18.1 Å². The maximum Gasteiger partial charge on any atom is 0.289 e. The third-order valence-electron chi connectivity index (χ3n) is 2.27. The number of hydrogen-bond acceptors (Lipinski definition) is 3. The summed E-state index contributed by atoms with van der Waals surface area (Å²) in [6, 6.07) is 6.27. The molecule has 0 fully saturated rings. The minimum absolute atomic E-state index is 0.117. The molecule has 0 radical (unpaired) electrons. The second-order valence-corrected chi connectivity index (χ2v) is 3.48. The van der Waals surface area contributed by atoms with Crippen molar-refractivity contribution in [2.45, 2.75) is 6.54 Å². The van der Waals surface area contributed by atoms with E-state index in [0.29, 0.717) is 18.8 Å². The van der Waals surface area contributed by atoms with Gasteiger partial charge in [-0.2, -0.15) is 0 Å². The molecule has 5 heteroatoms. The van der Waals surface area contributed by atoms with Crippen molar-refractivity contribution < 1.29 is 18.7 Å². The van der Waals surface area contributed by atoms with Gasteiger partial charge in [0.2, 0.25) is 5.76 Å². The van der Waals surface area contributed by atoms with Gasteiger partial charge < -0.3 is 14.8 Å². The Morgan fingerprint density at radius 3 is 2.88 bits per heavy atom. The van der Waals surface area contributed by atoms with Crippen molar-refractivity contribution in [2.75, 3.05) is 13.2 Å². The zero-order valence-electron chi connectivity index (χ0n) is 9.11. The van der Waals surface area contributed by atoms with Gasteiger partial charge in [-0.25, -0.2) is 4.39 Å². The zero-order chi connectivity index (χ0) is 12.1. The molecule has 0 saturated carbocycles. The Bertz CT molecular complexity index is 445. The summed E-state index contributed by atoms with van der Waals surface area (Å²) in [6.45, 7) is 0.898. The highest BCUT2D eigenvalue weighted by molar-refractivity contribution is 5.91. The summed E-state index contributed by atoms with van der Waals surface area (Å²) in [5.74, 6) is -0.636. The molecule has 1 N–H and O–H groups in total. The SMILES string of the molecule is O=C(NCc1ccccc1F)C1=COCCO1. The van der Waals surface area contributed by atoms with Crippen LogP contribution in [0.4, 0.5) is 4.39 Å². The lowest BCUT2D eigenvalue weighted by atomic mass is 10.2. The highest BCUT2D eigenvalue weighted by atomic mass is 19.1. The van der Waals surface area contributed by atoms with Crippen molar-refractivity contribution in [2.24, 2.45) is 0 Å². The first-order valence-corrected chi connectivity index (χ1v) is 5.23. The average molecular weight is 237 g/mol. The van der Waals surface area contributed by atoms with E-state index in [2.05, 4.69) is 5.32 Å². The number of halogens is 1. The van der Waals surface area contributed by atoms with Crippen LogP contribution in [0.1, 0.15) is 5.56 Å². The van der Waals surface area contributed by atoms with E-state index in [1.165, 1.54) is 12.3 Å². The fraction of sp³-hybridized carbons (Fsp3) is 0.250. The summed E-state index contributed by atoms with van der Waals surface area (Å²) in [7, 11) is 0. The number of carbonyl (C=O) groups excluding carboxylic acids is 1. The average Bonchev–Trinajstić information content (AvgIpc) is 2.38. The Kier molecular flexibility index (Phi) is 3.59. The molecule has 4 nitrogen and oxygen atoms in total. The normalized spacial score (nSPS) is 14.3. The molecule has 1 amide bonds. The van der Waals surface area contributed by atoms with Crippen molar-refractivity contribution in [1.29, 1.82) is 0 Å². The molecule has 0 aliphatic carbocycles. The number of ether oxygens (including phenoxy) is 2. The van der Waals surface area contributed by atoms with Crippen molar-refractivity contribution in [3.05, 3.63) is 47.7 Å².